The summed E-state index contributed by atoms with van der Waals surface area (Å²) in [5.41, 5.74) is 0. The molecule has 15 heavy (non-hydrogen) atoms. The largest absolute Gasteiger partial charge is 0.338 e. The molecular formula is C12H20N2O. The molecule has 1 unspecified atom stereocenters. The van der Waals surface area contributed by atoms with Crippen molar-refractivity contribution in [3.05, 3.63) is 0 Å². The van der Waals surface area contributed by atoms with Crippen molar-refractivity contribution in [2.45, 2.75) is 50.6 Å². The highest BCUT2D eigenvalue weighted by molar-refractivity contribution is 5.81. The summed E-state index contributed by atoms with van der Waals surface area (Å²) in [6.07, 6.45) is 7.29. The highest BCUT2D eigenvalue weighted by Crippen LogP contribution is 2.36. The normalized spacial score (nSPS) is 30.5. The molecule has 3 heteroatoms. The van der Waals surface area contributed by atoms with Crippen LogP contribution in [0, 0.1) is 5.92 Å². The van der Waals surface area contributed by atoms with Crippen LogP contribution in [-0.4, -0.2) is 36.0 Å². The van der Waals surface area contributed by atoms with Gasteiger partial charge in [0, 0.05) is 24.5 Å². The van der Waals surface area contributed by atoms with Crippen LogP contribution in [0.1, 0.15) is 38.5 Å². The molecule has 0 aromatic rings. The molecule has 1 N–H and O–H groups in total. The van der Waals surface area contributed by atoms with Crippen LogP contribution in [0.2, 0.25) is 0 Å². The summed E-state index contributed by atoms with van der Waals surface area (Å²) in [6.45, 7) is 2.11. The van der Waals surface area contributed by atoms with Gasteiger partial charge in [0.2, 0.25) is 5.91 Å². The Morgan fingerprint density at radius 3 is 2.53 bits per heavy atom. The van der Waals surface area contributed by atoms with Crippen LogP contribution < -0.4 is 5.32 Å². The number of hydrogen-bond donors (Lipinski definition) is 1. The Hall–Kier alpha value is -0.570. The fourth-order valence-electron chi connectivity index (χ4n) is 2.52. The third kappa shape index (κ3) is 2.17. The number of nitrogens with one attached hydrogen (secondary N) is 1. The molecule has 3 fully saturated rings. The zero-order valence-corrected chi connectivity index (χ0v) is 9.24. The number of carbonyl (C=O) groups is 1. The van der Waals surface area contributed by atoms with Gasteiger partial charge in [-0.2, -0.15) is 0 Å². The van der Waals surface area contributed by atoms with E-state index >= 15 is 0 Å². The lowest BCUT2D eigenvalue weighted by molar-refractivity contribution is -0.133. The summed E-state index contributed by atoms with van der Waals surface area (Å²) in [5.74, 6) is 0.846. The summed E-state index contributed by atoms with van der Waals surface area (Å²) >= 11 is 0. The summed E-state index contributed by atoms with van der Waals surface area (Å²) < 4.78 is 0. The van der Waals surface area contributed by atoms with E-state index in [9.17, 15) is 4.79 Å². The predicted octanol–water partition coefficient (Wildman–Crippen LogP) is 1.14. The standard InChI is InChI=1S/C12H20N2O/c15-12(9-3-4-9)14(11-5-6-11)8-10-2-1-7-13-10/h9-11,13H,1-8H2. The first-order valence-corrected chi connectivity index (χ1v) is 6.38. The molecule has 0 spiro atoms. The summed E-state index contributed by atoms with van der Waals surface area (Å²) in [6, 6.07) is 1.17. The Morgan fingerprint density at radius 2 is 2.00 bits per heavy atom. The number of carbonyl (C=O) groups excluding carboxylic acids is 1. The van der Waals surface area contributed by atoms with Gasteiger partial charge >= 0.3 is 0 Å². The molecule has 0 radical (unpaired) electrons. The average molecular weight is 208 g/mol. The van der Waals surface area contributed by atoms with Crippen molar-refractivity contribution in [2.75, 3.05) is 13.1 Å². The molecule has 1 aliphatic heterocycles. The van der Waals surface area contributed by atoms with E-state index < -0.39 is 0 Å². The van der Waals surface area contributed by atoms with Gasteiger partial charge in [-0.15, -0.1) is 0 Å². The molecule has 1 saturated heterocycles. The molecule has 0 bridgehead atoms. The molecule has 0 aromatic carbocycles. The van der Waals surface area contributed by atoms with Gasteiger partial charge in [0.25, 0.3) is 0 Å². The van der Waals surface area contributed by atoms with Gasteiger partial charge in [-0.3, -0.25) is 4.79 Å². The lowest BCUT2D eigenvalue weighted by atomic mass is 10.2. The van der Waals surface area contributed by atoms with Crippen molar-refractivity contribution in [3.63, 3.8) is 0 Å². The number of hydrogen-bond acceptors (Lipinski definition) is 2. The molecule has 2 saturated carbocycles. The molecule has 2 aliphatic carbocycles. The summed E-state index contributed by atoms with van der Waals surface area (Å²) in [5, 5.41) is 3.49. The predicted molar refractivity (Wildman–Crippen MR) is 58.5 cm³/mol. The maximum Gasteiger partial charge on any atom is 0.225 e. The van der Waals surface area contributed by atoms with E-state index in [0.717, 1.165) is 25.9 Å². The maximum atomic E-state index is 12.1. The van der Waals surface area contributed by atoms with Crippen LogP contribution in [0.5, 0.6) is 0 Å². The number of amides is 1. The molecule has 3 aliphatic rings. The van der Waals surface area contributed by atoms with E-state index in [0.29, 0.717) is 23.9 Å². The lowest BCUT2D eigenvalue weighted by Crippen LogP contribution is -2.43. The van der Waals surface area contributed by atoms with Gasteiger partial charge in [0.15, 0.2) is 0 Å². The van der Waals surface area contributed by atoms with Crippen LogP contribution in [0.15, 0.2) is 0 Å². The second kappa shape index (κ2) is 3.78. The van der Waals surface area contributed by atoms with Gasteiger partial charge in [0.1, 0.15) is 0 Å². The molecule has 1 amide bonds. The Kier molecular flexibility index (Phi) is 2.43. The third-order valence-electron chi connectivity index (χ3n) is 3.78. The lowest BCUT2D eigenvalue weighted by Gasteiger charge is -2.25. The average Bonchev–Trinajstić information content (AvgIpc) is 3.13. The van der Waals surface area contributed by atoms with Crippen LogP contribution in [0.4, 0.5) is 0 Å². The van der Waals surface area contributed by atoms with Gasteiger partial charge < -0.3 is 10.2 Å². The molecule has 1 heterocycles. The first-order valence-electron chi connectivity index (χ1n) is 6.38. The summed E-state index contributed by atoms with van der Waals surface area (Å²) in [7, 11) is 0. The van der Waals surface area contributed by atoms with E-state index in [2.05, 4.69) is 10.2 Å². The second-order valence-electron chi connectivity index (χ2n) is 5.29. The fourth-order valence-corrected chi connectivity index (χ4v) is 2.52. The highest BCUT2D eigenvalue weighted by Gasteiger charge is 2.40. The minimum Gasteiger partial charge on any atom is -0.338 e. The van der Waals surface area contributed by atoms with E-state index in [4.69, 9.17) is 0 Å². The molecule has 1 atom stereocenters. The van der Waals surface area contributed by atoms with Gasteiger partial charge in [-0.25, -0.2) is 0 Å². The first kappa shape index (κ1) is 9.64. The SMILES string of the molecule is O=C(C1CC1)N(CC1CCCN1)C1CC1. The third-order valence-corrected chi connectivity index (χ3v) is 3.78. The quantitative estimate of drug-likeness (QED) is 0.751. The highest BCUT2D eigenvalue weighted by atomic mass is 16.2. The van der Waals surface area contributed by atoms with Crippen molar-refractivity contribution in [1.29, 1.82) is 0 Å². The van der Waals surface area contributed by atoms with Gasteiger partial charge in [-0.1, -0.05) is 0 Å². The monoisotopic (exact) mass is 208 g/mol. The van der Waals surface area contributed by atoms with Crippen LogP contribution in [-0.2, 0) is 4.79 Å². The molecule has 3 nitrogen and oxygen atoms in total. The smallest absolute Gasteiger partial charge is 0.225 e. The minimum atomic E-state index is 0.395. The van der Waals surface area contributed by atoms with Crippen molar-refractivity contribution in [2.24, 2.45) is 5.92 Å². The van der Waals surface area contributed by atoms with Crippen molar-refractivity contribution >= 4 is 5.91 Å². The van der Waals surface area contributed by atoms with Gasteiger partial charge in [0.05, 0.1) is 0 Å². The van der Waals surface area contributed by atoms with Crippen molar-refractivity contribution < 1.29 is 4.79 Å². The summed E-state index contributed by atoms with van der Waals surface area (Å²) in [4.78, 5) is 14.3. The van der Waals surface area contributed by atoms with Gasteiger partial charge in [-0.05, 0) is 45.1 Å². The number of nitrogens with zero attached hydrogens (tertiary/aromatic N) is 1. The van der Waals surface area contributed by atoms with E-state index in [1.54, 1.807) is 0 Å². The molecule has 3 rings (SSSR count). The fraction of sp³-hybridized carbons (Fsp3) is 0.917. The van der Waals surface area contributed by atoms with E-state index in [1.807, 2.05) is 0 Å². The topological polar surface area (TPSA) is 32.3 Å². The minimum absolute atomic E-state index is 0.395. The Bertz CT molecular complexity index is 252. The van der Waals surface area contributed by atoms with Crippen molar-refractivity contribution in [3.8, 4) is 0 Å². The number of rotatable bonds is 4. The Balaban J connectivity index is 1.59. The van der Waals surface area contributed by atoms with Crippen molar-refractivity contribution in [1.82, 2.24) is 10.2 Å². The molecular weight excluding hydrogens is 188 g/mol. The Labute approximate surface area is 91.2 Å². The van der Waals surface area contributed by atoms with E-state index in [-0.39, 0.29) is 0 Å². The maximum absolute atomic E-state index is 12.1. The van der Waals surface area contributed by atoms with Crippen LogP contribution in [0.25, 0.3) is 0 Å². The Morgan fingerprint density at radius 1 is 1.20 bits per heavy atom. The molecule has 84 valence electrons. The van der Waals surface area contributed by atoms with Crippen LogP contribution in [0.3, 0.4) is 0 Å². The zero-order valence-electron chi connectivity index (χ0n) is 9.24. The molecule has 0 aromatic heterocycles. The second-order valence-corrected chi connectivity index (χ2v) is 5.29. The first-order chi connectivity index (χ1) is 7.34. The zero-order chi connectivity index (χ0) is 10.3. The van der Waals surface area contributed by atoms with E-state index in [1.165, 1.54) is 25.7 Å². The van der Waals surface area contributed by atoms with Crippen LogP contribution >= 0.6 is 0 Å².